The highest BCUT2D eigenvalue weighted by molar-refractivity contribution is 5.28. The highest BCUT2D eigenvalue weighted by Gasteiger charge is 2.57. The molecule has 1 aliphatic carbocycles. The first-order valence-electron chi connectivity index (χ1n) is 5.20. The van der Waals surface area contributed by atoms with E-state index >= 15 is 0 Å². The van der Waals surface area contributed by atoms with Gasteiger partial charge < -0.3 is 5.73 Å². The average molecular weight is 190 g/mol. The third-order valence-electron chi connectivity index (χ3n) is 3.56. The number of rotatable bonds is 2. The minimum atomic E-state index is 0.343. The lowest BCUT2D eigenvalue weighted by Crippen LogP contribution is -2.05. The van der Waals surface area contributed by atoms with Gasteiger partial charge in [-0.05, 0) is 42.5 Å². The molecule has 0 bridgehead atoms. The summed E-state index contributed by atoms with van der Waals surface area (Å²) in [6.45, 7) is 7.43. The fraction of sp³-hybridized carbons (Fsp3) is 0.583. The van der Waals surface area contributed by atoms with Gasteiger partial charge in [0.05, 0.1) is 0 Å². The number of hydrogen-bond donors (Lipinski definition) is 1. The zero-order valence-electron chi connectivity index (χ0n) is 9.12. The van der Waals surface area contributed by atoms with Crippen molar-refractivity contribution < 1.29 is 0 Å². The molecule has 0 unspecified atom stereocenters. The van der Waals surface area contributed by atoms with Gasteiger partial charge in [-0.15, -0.1) is 0 Å². The fourth-order valence-corrected chi connectivity index (χ4v) is 2.50. The van der Waals surface area contributed by atoms with Gasteiger partial charge in [-0.1, -0.05) is 13.8 Å². The number of aryl methyl sites for hydroxylation is 1. The molecule has 1 aliphatic rings. The number of nitrogens with zero attached hydrogens (tertiary/aromatic N) is 1. The molecule has 2 atom stereocenters. The largest absolute Gasteiger partial charge is 0.330 e. The summed E-state index contributed by atoms with van der Waals surface area (Å²) in [6, 6.07) is 4.22. The molecule has 0 saturated heterocycles. The van der Waals surface area contributed by atoms with Crippen LogP contribution in [0.5, 0.6) is 0 Å². The molecule has 0 spiro atoms. The van der Waals surface area contributed by atoms with Crippen LogP contribution in [0.3, 0.4) is 0 Å². The standard InChI is InChI=1S/C12H18N2/c1-8-4-5-14-10(6-8)11-9(7-13)12(11,2)3/h4-6,9,11H,7,13H2,1-3H3/t9-,11+/m1/s1. The lowest BCUT2D eigenvalue weighted by Gasteiger charge is -2.02. The van der Waals surface area contributed by atoms with E-state index in [1.807, 2.05) is 12.3 Å². The molecule has 2 N–H and O–H groups in total. The Balaban J connectivity index is 2.26. The summed E-state index contributed by atoms with van der Waals surface area (Å²) in [4.78, 5) is 4.44. The number of aromatic nitrogens is 1. The summed E-state index contributed by atoms with van der Waals surface area (Å²) in [6.07, 6.45) is 1.90. The number of hydrogen-bond acceptors (Lipinski definition) is 2. The van der Waals surface area contributed by atoms with Crippen LogP contribution in [0.2, 0.25) is 0 Å². The van der Waals surface area contributed by atoms with E-state index in [2.05, 4.69) is 31.8 Å². The molecule has 14 heavy (non-hydrogen) atoms. The van der Waals surface area contributed by atoms with E-state index in [-0.39, 0.29) is 0 Å². The second-order valence-electron chi connectivity index (χ2n) is 4.90. The van der Waals surface area contributed by atoms with Crippen LogP contribution in [0.15, 0.2) is 18.3 Å². The highest BCUT2D eigenvalue weighted by atomic mass is 14.8. The van der Waals surface area contributed by atoms with Crippen molar-refractivity contribution in [3.8, 4) is 0 Å². The van der Waals surface area contributed by atoms with Gasteiger partial charge in [0.15, 0.2) is 0 Å². The smallest absolute Gasteiger partial charge is 0.0446 e. The van der Waals surface area contributed by atoms with Crippen molar-refractivity contribution in [2.75, 3.05) is 6.54 Å². The van der Waals surface area contributed by atoms with Crippen LogP contribution in [0.1, 0.15) is 31.0 Å². The molecular weight excluding hydrogens is 172 g/mol. The van der Waals surface area contributed by atoms with E-state index in [1.165, 1.54) is 11.3 Å². The maximum atomic E-state index is 5.75. The lowest BCUT2D eigenvalue weighted by molar-refractivity contribution is 0.557. The van der Waals surface area contributed by atoms with Crippen molar-refractivity contribution in [3.05, 3.63) is 29.6 Å². The molecule has 2 rings (SSSR count). The Hall–Kier alpha value is -0.890. The van der Waals surface area contributed by atoms with E-state index < -0.39 is 0 Å². The Morgan fingerprint density at radius 3 is 2.71 bits per heavy atom. The third kappa shape index (κ3) is 1.34. The van der Waals surface area contributed by atoms with Crippen molar-refractivity contribution >= 4 is 0 Å². The van der Waals surface area contributed by atoms with Crippen molar-refractivity contribution in [1.82, 2.24) is 4.98 Å². The van der Waals surface area contributed by atoms with Gasteiger partial charge in [0.25, 0.3) is 0 Å². The molecule has 0 radical (unpaired) electrons. The van der Waals surface area contributed by atoms with Crippen LogP contribution >= 0.6 is 0 Å². The zero-order chi connectivity index (χ0) is 10.3. The highest BCUT2D eigenvalue weighted by Crippen LogP contribution is 2.63. The van der Waals surface area contributed by atoms with Gasteiger partial charge in [-0.3, -0.25) is 4.98 Å². The summed E-state index contributed by atoms with van der Waals surface area (Å²) < 4.78 is 0. The van der Waals surface area contributed by atoms with Crippen molar-refractivity contribution in [2.24, 2.45) is 17.1 Å². The molecule has 76 valence electrons. The first-order chi connectivity index (χ1) is 6.57. The van der Waals surface area contributed by atoms with Gasteiger partial charge >= 0.3 is 0 Å². The van der Waals surface area contributed by atoms with Crippen molar-refractivity contribution in [1.29, 1.82) is 0 Å². The minimum absolute atomic E-state index is 0.343. The van der Waals surface area contributed by atoms with Gasteiger partial charge in [0.2, 0.25) is 0 Å². The van der Waals surface area contributed by atoms with E-state index in [1.54, 1.807) is 0 Å². The molecule has 1 fully saturated rings. The molecule has 0 aromatic carbocycles. The van der Waals surface area contributed by atoms with Gasteiger partial charge in [-0.25, -0.2) is 0 Å². The van der Waals surface area contributed by atoms with E-state index in [9.17, 15) is 0 Å². The molecule has 0 aliphatic heterocycles. The Kier molecular flexibility index (Phi) is 2.11. The van der Waals surface area contributed by atoms with E-state index in [4.69, 9.17) is 5.73 Å². The molecule has 2 nitrogen and oxygen atoms in total. The average Bonchev–Trinajstić information content (AvgIpc) is 2.68. The number of pyridine rings is 1. The van der Waals surface area contributed by atoms with Crippen LogP contribution in [0.25, 0.3) is 0 Å². The lowest BCUT2D eigenvalue weighted by atomic mass is 10.1. The fourth-order valence-electron chi connectivity index (χ4n) is 2.50. The second kappa shape index (κ2) is 3.06. The molecule has 1 aromatic rings. The van der Waals surface area contributed by atoms with Gasteiger partial charge in [-0.2, -0.15) is 0 Å². The molecule has 1 aromatic heterocycles. The van der Waals surface area contributed by atoms with Crippen LogP contribution in [-0.4, -0.2) is 11.5 Å². The summed E-state index contributed by atoms with van der Waals surface area (Å²) in [5.41, 5.74) is 8.59. The van der Waals surface area contributed by atoms with Crippen molar-refractivity contribution in [3.63, 3.8) is 0 Å². The molecular formula is C12H18N2. The monoisotopic (exact) mass is 190 g/mol. The summed E-state index contributed by atoms with van der Waals surface area (Å²) in [7, 11) is 0. The zero-order valence-corrected chi connectivity index (χ0v) is 9.12. The van der Waals surface area contributed by atoms with Crippen LogP contribution < -0.4 is 5.73 Å². The maximum absolute atomic E-state index is 5.75. The third-order valence-corrected chi connectivity index (χ3v) is 3.56. The summed E-state index contributed by atoms with van der Waals surface area (Å²) >= 11 is 0. The summed E-state index contributed by atoms with van der Waals surface area (Å²) in [5, 5.41) is 0. The predicted octanol–water partition coefficient (Wildman–Crippen LogP) is 2.09. The molecule has 1 heterocycles. The van der Waals surface area contributed by atoms with Gasteiger partial charge in [0.1, 0.15) is 0 Å². The SMILES string of the molecule is Cc1ccnc([C@@H]2[C@@H](CN)C2(C)C)c1. The van der Waals surface area contributed by atoms with E-state index in [0.29, 0.717) is 17.3 Å². The Morgan fingerprint density at radius 2 is 2.21 bits per heavy atom. The van der Waals surface area contributed by atoms with E-state index in [0.717, 1.165) is 6.54 Å². The first kappa shape index (κ1) is 9.66. The molecule has 0 amide bonds. The topological polar surface area (TPSA) is 38.9 Å². The minimum Gasteiger partial charge on any atom is -0.330 e. The predicted molar refractivity (Wildman–Crippen MR) is 58.0 cm³/mol. The van der Waals surface area contributed by atoms with Crippen molar-refractivity contribution in [2.45, 2.75) is 26.7 Å². The maximum Gasteiger partial charge on any atom is 0.0446 e. The van der Waals surface area contributed by atoms with Crippen LogP contribution in [0, 0.1) is 18.3 Å². The first-order valence-corrected chi connectivity index (χ1v) is 5.20. The van der Waals surface area contributed by atoms with Crippen LogP contribution in [0.4, 0.5) is 0 Å². The van der Waals surface area contributed by atoms with Gasteiger partial charge in [0, 0.05) is 17.8 Å². The Morgan fingerprint density at radius 1 is 1.50 bits per heavy atom. The number of nitrogens with two attached hydrogens (primary N) is 1. The normalized spacial score (nSPS) is 28.9. The summed E-state index contributed by atoms with van der Waals surface area (Å²) in [5.74, 6) is 1.17. The quantitative estimate of drug-likeness (QED) is 0.775. The molecule has 2 heteroatoms. The molecule has 1 saturated carbocycles. The van der Waals surface area contributed by atoms with Crippen LogP contribution in [-0.2, 0) is 0 Å². The Labute approximate surface area is 85.5 Å². The Bertz CT molecular complexity index is 344. The second-order valence-corrected chi connectivity index (χ2v) is 4.90.